The van der Waals surface area contributed by atoms with Crippen molar-refractivity contribution >= 4 is 39.1 Å². The Labute approximate surface area is 182 Å². The van der Waals surface area contributed by atoms with Gasteiger partial charge in [-0.25, -0.2) is 8.42 Å². The first kappa shape index (κ1) is 23.9. The van der Waals surface area contributed by atoms with Crippen molar-refractivity contribution in [3.05, 3.63) is 58.1 Å². The molecular formula is C21H26ClN3O4S. The number of carbonyl (C=O) groups is 2. The van der Waals surface area contributed by atoms with Crippen molar-refractivity contribution in [3.63, 3.8) is 0 Å². The SMILES string of the molecule is CCN(CC)S(=O)(=O)c1ccc(C)c(C(=O)Nc2ccc(C(=O)N(C)C)c(Cl)c2)c1. The number of nitrogens with zero attached hydrogens (tertiary/aromatic N) is 2. The van der Waals surface area contributed by atoms with Gasteiger partial charge >= 0.3 is 0 Å². The van der Waals surface area contributed by atoms with E-state index >= 15 is 0 Å². The first-order chi connectivity index (χ1) is 14.0. The molecule has 2 rings (SSSR count). The Hall–Kier alpha value is -2.42. The summed E-state index contributed by atoms with van der Waals surface area (Å²) in [5.74, 6) is -0.713. The number of rotatable bonds is 7. The Morgan fingerprint density at radius 3 is 2.17 bits per heavy atom. The van der Waals surface area contributed by atoms with E-state index in [4.69, 9.17) is 11.6 Å². The standard InChI is InChI=1S/C21H26ClN3O4S/c1-6-25(7-2)30(28,29)16-10-8-14(3)18(13-16)20(26)23-15-9-11-17(19(22)12-15)21(27)24(4)5/h8-13H,6-7H2,1-5H3,(H,23,26). The first-order valence-corrected chi connectivity index (χ1v) is 11.3. The fourth-order valence-electron chi connectivity index (χ4n) is 2.92. The maximum atomic E-state index is 12.8. The summed E-state index contributed by atoms with van der Waals surface area (Å²) in [6, 6.07) is 9.09. The quantitative estimate of drug-likeness (QED) is 0.696. The van der Waals surface area contributed by atoms with E-state index < -0.39 is 15.9 Å². The highest BCUT2D eigenvalue weighted by atomic mass is 35.5. The summed E-state index contributed by atoms with van der Waals surface area (Å²) in [5, 5.41) is 2.92. The second-order valence-corrected chi connectivity index (χ2v) is 9.26. The average molecular weight is 452 g/mol. The second-order valence-electron chi connectivity index (χ2n) is 6.91. The van der Waals surface area contributed by atoms with E-state index in [0.717, 1.165) is 0 Å². The number of aryl methyl sites for hydroxylation is 1. The lowest BCUT2D eigenvalue weighted by molar-refractivity contribution is 0.0827. The van der Waals surface area contributed by atoms with Gasteiger partial charge in [0, 0.05) is 38.4 Å². The van der Waals surface area contributed by atoms with Crippen LogP contribution in [-0.2, 0) is 10.0 Å². The van der Waals surface area contributed by atoms with Crippen molar-refractivity contribution in [2.45, 2.75) is 25.7 Å². The number of amides is 2. The zero-order chi connectivity index (χ0) is 22.6. The number of halogens is 1. The zero-order valence-electron chi connectivity index (χ0n) is 17.7. The molecule has 0 aliphatic rings. The molecule has 0 fully saturated rings. The molecule has 0 aromatic heterocycles. The molecule has 0 radical (unpaired) electrons. The van der Waals surface area contributed by atoms with Crippen LogP contribution in [0.25, 0.3) is 0 Å². The zero-order valence-corrected chi connectivity index (χ0v) is 19.3. The van der Waals surface area contributed by atoms with Gasteiger partial charge in [0.05, 0.1) is 15.5 Å². The largest absolute Gasteiger partial charge is 0.345 e. The summed E-state index contributed by atoms with van der Waals surface area (Å²) in [5.41, 5.74) is 1.60. The van der Waals surface area contributed by atoms with Gasteiger partial charge in [-0.3, -0.25) is 9.59 Å². The molecule has 2 amide bonds. The molecule has 30 heavy (non-hydrogen) atoms. The third-order valence-corrected chi connectivity index (χ3v) is 7.02. The normalized spacial score (nSPS) is 11.4. The number of anilines is 1. The van der Waals surface area contributed by atoms with E-state index in [1.54, 1.807) is 47.0 Å². The Morgan fingerprint density at radius 1 is 1.00 bits per heavy atom. The van der Waals surface area contributed by atoms with Gasteiger partial charge in [0.1, 0.15) is 0 Å². The van der Waals surface area contributed by atoms with Crippen molar-refractivity contribution < 1.29 is 18.0 Å². The molecule has 0 aliphatic carbocycles. The third kappa shape index (κ3) is 5.00. The molecule has 7 nitrogen and oxygen atoms in total. The van der Waals surface area contributed by atoms with Gasteiger partial charge in [-0.2, -0.15) is 4.31 Å². The highest BCUT2D eigenvalue weighted by molar-refractivity contribution is 7.89. The highest BCUT2D eigenvalue weighted by Gasteiger charge is 2.23. The van der Waals surface area contributed by atoms with Crippen LogP contribution in [0.5, 0.6) is 0 Å². The Morgan fingerprint density at radius 2 is 1.63 bits per heavy atom. The Balaban J connectivity index is 2.34. The van der Waals surface area contributed by atoms with Crippen LogP contribution in [0.15, 0.2) is 41.3 Å². The highest BCUT2D eigenvalue weighted by Crippen LogP contribution is 2.24. The van der Waals surface area contributed by atoms with Crippen LogP contribution in [0, 0.1) is 6.92 Å². The molecule has 0 bridgehead atoms. The number of hydrogen-bond donors (Lipinski definition) is 1. The summed E-state index contributed by atoms with van der Waals surface area (Å²) in [6.07, 6.45) is 0. The topological polar surface area (TPSA) is 86.8 Å². The van der Waals surface area contributed by atoms with Gasteiger partial charge in [0.15, 0.2) is 0 Å². The lowest BCUT2D eigenvalue weighted by atomic mass is 10.1. The smallest absolute Gasteiger partial charge is 0.255 e. The van der Waals surface area contributed by atoms with E-state index in [9.17, 15) is 18.0 Å². The van der Waals surface area contributed by atoms with Gasteiger partial charge in [-0.15, -0.1) is 0 Å². The van der Waals surface area contributed by atoms with Crippen molar-refractivity contribution in [2.75, 3.05) is 32.5 Å². The minimum atomic E-state index is -3.69. The van der Waals surface area contributed by atoms with Crippen LogP contribution < -0.4 is 5.32 Å². The molecule has 2 aromatic rings. The van der Waals surface area contributed by atoms with Crippen LogP contribution in [0.1, 0.15) is 40.1 Å². The molecule has 0 saturated heterocycles. The van der Waals surface area contributed by atoms with Crippen LogP contribution in [-0.4, -0.2) is 56.6 Å². The van der Waals surface area contributed by atoms with Crippen LogP contribution in [0.4, 0.5) is 5.69 Å². The summed E-state index contributed by atoms with van der Waals surface area (Å²) in [7, 11) is -0.444. The van der Waals surface area contributed by atoms with Crippen LogP contribution in [0.2, 0.25) is 5.02 Å². The van der Waals surface area contributed by atoms with Crippen LogP contribution >= 0.6 is 11.6 Å². The van der Waals surface area contributed by atoms with Crippen molar-refractivity contribution in [3.8, 4) is 0 Å². The molecule has 0 heterocycles. The molecule has 162 valence electrons. The van der Waals surface area contributed by atoms with Crippen molar-refractivity contribution in [1.82, 2.24) is 9.21 Å². The molecule has 0 aliphatic heterocycles. The minimum absolute atomic E-state index is 0.0620. The van der Waals surface area contributed by atoms with Gasteiger partial charge < -0.3 is 10.2 Å². The average Bonchev–Trinajstić information content (AvgIpc) is 2.68. The minimum Gasteiger partial charge on any atom is -0.345 e. The predicted octanol–water partition coefficient (Wildman–Crippen LogP) is 3.63. The molecule has 2 aromatic carbocycles. The van der Waals surface area contributed by atoms with E-state index in [-0.39, 0.29) is 21.4 Å². The monoisotopic (exact) mass is 451 g/mol. The summed E-state index contributed by atoms with van der Waals surface area (Å²) >= 11 is 6.20. The van der Waals surface area contributed by atoms with E-state index in [1.807, 2.05) is 0 Å². The summed E-state index contributed by atoms with van der Waals surface area (Å²) in [4.78, 5) is 26.4. The predicted molar refractivity (Wildman–Crippen MR) is 119 cm³/mol. The van der Waals surface area contributed by atoms with Crippen LogP contribution in [0.3, 0.4) is 0 Å². The van der Waals surface area contributed by atoms with Gasteiger partial charge in [-0.1, -0.05) is 31.5 Å². The summed E-state index contributed by atoms with van der Waals surface area (Å²) < 4.78 is 26.9. The molecular weight excluding hydrogens is 426 g/mol. The fourth-order valence-corrected chi connectivity index (χ4v) is 4.67. The molecule has 0 saturated carbocycles. The molecule has 9 heteroatoms. The molecule has 0 spiro atoms. The maximum Gasteiger partial charge on any atom is 0.255 e. The number of nitrogens with one attached hydrogen (secondary N) is 1. The number of hydrogen-bond acceptors (Lipinski definition) is 4. The van der Waals surface area contributed by atoms with E-state index in [2.05, 4.69) is 5.32 Å². The van der Waals surface area contributed by atoms with Crippen molar-refractivity contribution in [2.24, 2.45) is 0 Å². The maximum absolute atomic E-state index is 12.8. The third-order valence-electron chi connectivity index (χ3n) is 4.66. The number of sulfonamides is 1. The molecule has 1 N–H and O–H groups in total. The van der Waals surface area contributed by atoms with Gasteiger partial charge in [0.2, 0.25) is 10.0 Å². The molecule has 0 atom stereocenters. The fraction of sp³-hybridized carbons (Fsp3) is 0.333. The molecule has 0 unspecified atom stereocenters. The first-order valence-electron chi connectivity index (χ1n) is 9.46. The lowest BCUT2D eigenvalue weighted by Crippen LogP contribution is -2.30. The summed E-state index contributed by atoms with van der Waals surface area (Å²) in [6.45, 7) is 5.93. The Bertz CT molecular complexity index is 1060. The van der Waals surface area contributed by atoms with Gasteiger partial charge in [-0.05, 0) is 42.8 Å². The number of benzene rings is 2. The van der Waals surface area contributed by atoms with Crippen molar-refractivity contribution in [1.29, 1.82) is 0 Å². The Kier molecular flexibility index (Phi) is 7.63. The lowest BCUT2D eigenvalue weighted by Gasteiger charge is -2.19. The van der Waals surface area contributed by atoms with Gasteiger partial charge in [0.25, 0.3) is 11.8 Å². The van der Waals surface area contributed by atoms with E-state index in [1.165, 1.54) is 33.5 Å². The number of carbonyl (C=O) groups excluding carboxylic acids is 2. The second kappa shape index (κ2) is 9.59. The van der Waals surface area contributed by atoms with E-state index in [0.29, 0.717) is 29.9 Å².